The highest BCUT2D eigenvalue weighted by atomic mass is 127. The number of carbonyl (C=O) groups is 1. The predicted octanol–water partition coefficient (Wildman–Crippen LogP) is 2.87. The Morgan fingerprint density at radius 1 is 1.59 bits per heavy atom. The Bertz CT molecular complexity index is 617. The topological polar surface area (TPSA) is 47.0 Å². The monoisotopic (exact) mass is 362 g/mol. The Morgan fingerprint density at radius 2 is 2.35 bits per heavy atom. The van der Waals surface area contributed by atoms with Crippen molar-refractivity contribution in [1.82, 2.24) is 9.55 Å². The number of rotatable bonds is 3. The van der Waals surface area contributed by atoms with E-state index >= 15 is 0 Å². The van der Waals surface area contributed by atoms with Gasteiger partial charge in [-0.05, 0) is 59.9 Å². The molecule has 0 bridgehead atoms. The van der Waals surface area contributed by atoms with E-state index in [0.29, 0.717) is 11.4 Å². The van der Waals surface area contributed by atoms with Gasteiger partial charge in [0, 0.05) is 3.57 Å². The minimum Gasteiger partial charge on any atom is -0.465 e. The maximum absolute atomic E-state index is 11.5. The van der Waals surface area contributed by atoms with Crippen molar-refractivity contribution in [3.63, 3.8) is 0 Å². The number of aromatic amines is 1. The fourth-order valence-electron chi connectivity index (χ4n) is 1.63. The molecule has 0 radical (unpaired) electrons. The Hall–Kier alpha value is -0.890. The average Bonchev–Trinajstić information content (AvgIpc) is 2.55. The number of hydrogen-bond acceptors (Lipinski definition) is 3. The summed E-state index contributed by atoms with van der Waals surface area (Å²) in [7, 11) is 0. The van der Waals surface area contributed by atoms with Gasteiger partial charge in [0.05, 0.1) is 17.6 Å². The second-order valence-electron chi connectivity index (χ2n) is 3.48. The van der Waals surface area contributed by atoms with E-state index in [1.807, 2.05) is 18.2 Å². The number of carbonyl (C=O) groups excluding carboxylic acids is 1. The summed E-state index contributed by atoms with van der Waals surface area (Å²) < 4.78 is 8.33. The molecule has 0 saturated carbocycles. The second-order valence-corrected chi connectivity index (χ2v) is 5.12. The lowest BCUT2D eigenvalue weighted by molar-refractivity contribution is -0.143. The van der Waals surface area contributed by atoms with Crippen LogP contribution < -0.4 is 0 Å². The molecule has 2 aromatic rings. The first-order valence-electron chi connectivity index (χ1n) is 5.15. The number of esters is 1. The zero-order valence-electron chi connectivity index (χ0n) is 9.20. The minimum absolute atomic E-state index is 0.146. The Kier molecular flexibility index (Phi) is 3.82. The second kappa shape index (κ2) is 5.18. The van der Waals surface area contributed by atoms with E-state index in [1.54, 1.807) is 11.5 Å². The highest BCUT2D eigenvalue weighted by Gasteiger charge is 2.09. The van der Waals surface area contributed by atoms with Crippen molar-refractivity contribution in [2.24, 2.45) is 0 Å². The van der Waals surface area contributed by atoms with Gasteiger partial charge in [-0.3, -0.25) is 4.79 Å². The van der Waals surface area contributed by atoms with Crippen LogP contribution in [0.4, 0.5) is 0 Å². The summed E-state index contributed by atoms with van der Waals surface area (Å²) >= 11 is 7.43. The van der Waals surface area contributed by atoms with Gasteiger partial charge in [0.2, 0.25) is 0 Å². The smallest absolute Gasteiger partial charge is 0.326 e. The van der Waals surface area contributed by atoms with Crippen LogP contribution in [-0.4, -0.2) is 22.1 Å². The molecule has 0 saturated heterocycles. The van der Waals surface area contributed by atoms with Gasteiger partial charge < -0.3 is 14.3 Å². The molecule has 6 heteroatoms. The summed E-state index contributed by atoms with van der Waals surface area (Å²) in [5.74, 6) is -0.275. The third-order valence-corrected chi connectivity index (χ3v) is 3.32. The van der Waals surface area contributed by atoms with E-state index in [9.17, 15) is 4.79 Å². The molecule has 90 valence electrons. The summed E-state index contributed by atoms with van der Waals surface area (Å²) in [6, 6.07) is 5.92. The van der Waals surface area contributed by atoms with Crippen LogP contribution in [0.5, 0.6) is 0 Å². The van der Waals surface area contributed by atoms with E-state index in [2.05, 4.69) is 27.6 Å². The predicted molar refractivity (Wildman–Crippen MR) is 76.5 cm³/mol. The van der Waals surface area contributed by atoms with Crippen LogP contribution in [0, 0.1) is 8.34 Å². The number of fused-ring (bicyclic) bond motifs is 1. The van der Waals surface area contributed by atoms with Crippen LogP contribution in [-0.2, 0) is 16.1 Å². The number of nitrogens with one attached hydrogen (secondary N) is 1. The molecule has 0 aliphatic heterocycles. The van der Waals surface area contributed by atoms with Crippen LogP contribution in [0.3, 0.4) is 0 Å². The highest BCUT2D eigenvalue weighted by Crippen LogP contribution is 2.17. The lowest BCUT2D eigenvalue weighted by Gasteiger charge is -2.04. The SMILES string of the molecule is CCOC(=O)Cn1c(=S)[nH]c2cc(I)ccc21. The van der Waals surface area contributed by atoms with E-state index < -0.39 is 0 Å². The fourth-order valence-corrected chi connectivity index (χ4v) is 2.39. The maximum atomic E-state index is 11.5. The quantitative estimate of drug-likeness (QED) is 0.519. The molecule has 4 nitrogen and oxygen atoms in total. The van der Waals surface area contributed by atoms with Crippen molar-refractivity contribution in [3.8, 4) is 0 Å². The number of halogens is 1. The zero-order chi connectivity index (χ0) is 12.4. The van der Waals surface area contributed by atoms with Crippen molar-refractivity contribution in [2.45, 2.75) is 13.5 Å². The van der Waals surface area contributed by atoms with Gasteiger partial charge in [-0.25, -0.2) is 0 Å². The molecule has 1 N–H and O–H groups in total. The van der Waals surface area contributed by atoms with Gasteiger partial charge in [0.15, 0.2) is 4.77 Å². The normalized spacial score (nSPS) is 10.7. The van der Waals surface area contributed by atoms with Gasteiger partial charge >= 0.3 is 5.97 Å². The van der Waals surface area contributed by atoms with Gasteiger partial charge in [0.25, 0.3) is 0 Å². The van der Waals surface area contributed by atoms with Crippen LogP contribution >= 0.6 is 34.8 Å². The molecule has 0 amide bonds. The summed E-state index contributed by atoms with van der Waals surface area (Å²) in [5, 5.41) is 0. The number of imidazole rings is 1. The first kappa shape index (κ1) is 12.6. The zero-order valence-corrected chi connectivity index (χ0v) is 12.2. The van der Waals surface area contributed by atoms with Gasteiger partial charge in [-0.1, -0.05) is 0 Å². The van der Waals surface area contributed by atoms with Crippen LogP contribution in [0.2, 0.25) is 0 Å². The molecule has 1 aromatic carbocycles. The molecule has 17 heavy (non-hydrogen) atoms. The number of nitrogens with zero attached hydrogens (tertiary/aromatic N) is 1. The van der Waals surface area contributed by atoms with Gasteiger partial charge in [-0.2, -0.15) is 0 Å². The van der Waals surface area contributed by atoms with Crippen molar-refractivity contribution < 1.29 is 9.53 Å². The van der Waals surface area contributed by atoms with E-state index in [0.717, 1.165) is 14.6 Å². The molecular formula is C11H11IN2O2S. The van der Waals surface area contributed by atoms with Gasteiger partial charge in [0.1, 0.15) is 6.54 Å². The van der Waals surface area contributed by atoms with Gasteiger partial charge in [-0.15, -0.1) is 0 Å². The molecule has 0 unspecified atom stereocenters. The summed E-state index contributed by atoms with van der Waals surface area (Å²) in [5.41, 5.74) is 1.86. The van der Waals surface area contributed by atoms with Crippen molar-refractivity contribution in [2.75, 3.05) is 6.61 Å². The molecule has 0 aliphatic rings. The highest BCUT2D eigenvalue weighted by molar-refractivity contribution is 14.1. The molecule has 1 heterocycles. The standard InChI is InChI=1S/C11H11IN2O2S/c1-2-16-10(15)6-14-9-4-3-7(12)5-8(9)13-11(14)17/h3-5H,2,6H2,1H3,(H,13,17). The molecule has 1 aromatic heterocycles. The Morgan fingerprint density at radius 3 is 3.06 bits per heavy atom. The number of H-pyrrole nitrogens is 1. The molecule has 2 rings (SSSR count). The molecule has 0 spiro atoms. The van der Waals surface area contributed by atoms with Crippen molar-refractivity contribution in [3.05, 3.63) is 26.5 Å². The lowest BCUT2D eigenvalue weighted by Crippen LogP contribution is -2.13. The minimum atomic E-state index is -0.275. The van der Waals surface area contributed by atoms with Crippen LogP contribution in [0.1, 0.15) is 6.92 Å². The largest absolute Gasteiger partial charge is 0.465 e. The van der Waals surface area contributed by atoms with Crippen molar-refractivity contribution >= 4 is 51.8 Å². The maximum Gasteiger partial charge on any atom is 0.326 e. The van der Waals surface area contributed by atoms with Crippen LogP contribution in [0.25, 0.3) is 11.0 Å². The molecular weight excluding hydrogens is 351 g/mol. The summed E-state index contributed by atoms with van der Waals surface area (Å²) in [4.78, 5) is 14.5. The molecule has 0 fully saturated rings. The average molecular weight is 362 g/mol. The number of ether oxygens (including phenoxy) is 1. The third kappa shape index (κ3) is 2.68. The summed E-state index contributed by atoms with van der Waals surface area (Å²) in [6.45, 7) is 2.31. The number of benzene rings is 1. The summed E-state index contributed by atoms with van der Waals surface area (Å²) in [6.07, 6.45) is 0. The van der Waals surface area contributed by atoms with Crippen LogP contribution in [0.15, 0.2) is 18.2 Å². The first-order chi connectivity index (χ1) is 8.11. The lowest BCUT2D eigenvalue weighted by atomic mass is 10.3. The third-order valence-electron chi connectivity index (χ3n) is 2.33. The van der Waals surface area contributed by atoms with E-state index in [4.69, 9.17) is 17.0 Å². The number of aromatic nitrogens is 2. The first-order valence-corrected chi connectivity index (χ1v) is 6.64. The van der Waals surface area contributed by atoms with E-state index in [1.165, 1.54) is 0 Å². The fraction of sp³-hybridized carbons (Fsp3) is 0.273. The van der Waals surface area contributed by atoms with E-state index in [-0.39, 0.29) is 12.5 Å². The van der Waals surface area contributed by atoms with Crippen molar-refractivity contribution in [1.29, 1.82) is 0 Å². The Balaban J connectivity index is 2.43. The molecule has 0 atom stereocenters. The molecule has 0 aliphatic carbocycles. The number of hydrogen-bond donors (Lipinski definition) is 1. The Labute approximate surface area is 117 Å².